The molecule has 0 radical (unpaired) electrons. The zero-order valence-electron chi connectivity index (χ0n) is 11.8. The number of hydrogen-bond acceptors (Lipinski definition) is 5. The minimum absolute atomic E-state index is 0.0282. The summed E-state index contributed by atoms with van der Waals surface area (Å²) >= 11 is 0. The minimum Gasteiger partial charge on any atom is -0.455 e. The van der Waals surface area contributed by atoms with Crippen molar-refractivity contribution in [2.45, 2.75) is 19.6 Å². The van der Waals surface area contributed by atoms with Crippen LogP contribution < -0.4 is 0 Å². The van der Waals surface area contributed by atoms with Gasteiger partial charge in [0.1, 0.15) is 5.69 Å². The van der Waals surface area contributed by atoms with E-state index in [0.29, 0.717) is 18.1 Å². The largest absolute Gasteiger partial charge is 0.455 e. The van der Waals surface area contributed by atoms with E-state index < -0.39 is 12.1 Å². The van der Waals surface area contributed by atoms with Crippen LogP contribution in [-0.2, 0) is 20.9 Å². The summed E-state index contributed by atoms with van der Waals surface area (Å²) in [6.07, 6.45) is 0.936. The van der Waals surface area contributed by atoms with Crippen LogP contribution in [0.15, 0.2) is 53.6 Å². The van der Waals surface area contributed by atoms with Gasteiger partial charge in [0.25, 0.3) is 0 Å². The Morgan fingerprint density at radius 1 is 1.43 bits per heavy atom. The molecule has 1 unspecified atom stereocenters. The number of rotatable bonds is 7. The van der Waals surface area contributed by atoms with E-state index in [4.69, 9.17) is 14.0 Å². The van der Waals surface area contributed by atoms with Crippen molar-refractivity contribution in [1.82, 2.24) is 5.16 Å². The smallest absolute Gasteiger partial charge is 0.335 e. The summed E-state index contributed by atoms with van der Waals surface area (Å²) in [5.74, 6) is 0.0348. The van der Waals surface area contributed by atoms with Gasteiger partial charge in [0.2, 0.25) is 0 Å². The fourth-order valence-corrected chi connectivity index (χ4v) is 1.67. The fourth-order valence-electron chi connectivity index (χ4n) is 1.67. The number of carbonyl (C=O) groups excluding carboxylic acids is 1. The summed E-state index contributed by atoms with van der Waals surface area (Å²) in [6, 6.07) is 11.4. The maximum atomic E-state index is 11.7. The van der Waals surface area contributed by atoms with Gasteiger partial charge in [0.15, 0.2) is 18.5 Å². The number of nitrogens with zero attached hydrogens (tertiary/aromatic N) is 1. The van der Waals surface area contributed by atoms with Crippen molar-refractivity contribution in [3.05, 3.63) is 54.8 Å². The molecule has 2 rings (SSSR count). The molecule has 0 aliphatic carbocycles. The standard InChI is InChI=1S/C16H17NO4/c1-3-9-19-12(2)16(18)20-11-14-10-15(17-21-14)13-7-5-4-6-8-13/h3-8,10,12H,1,9,11H2,2H3. The first kappa shape index (κ1) is 15.0. The topological polar surface area (TPSA) is 61.6 Å². The molecule has 0 saturated carbocycles. The normalized spacial score (nSPS) is 11.9. The van der Waals surface area contributed by atoms with Gasteiger partial charge in [-0.15, -0.1) is 6.58 Å². The predicted octanol–water partition coefficient (Wildman–Crippen LogP) is 2.98. The summed E-state index contributed by atoms with van der Waals surface area (Å²) in [5, 5.41) is 3.95. The molecule has 0 bridgehead atoms. The average Bonchev–Trinajstić information content (AvgIpc) is 3.00. The second-order valence-corrected chi connectivity index (χ2v) is 4.42. The van der Waals surface area contributed by atoms with Crippen molar-refractivity contribution in [2.24, 2.45) is 0 Å². The lowest BCUT2D eigenvalue weighted by Crippen LogP contribution is -2.23. The van der Waals surface area contributed by atoms with Crippen LogP contribution in [0.3, 0.4) is 0 Å². The van der Waals surface area contributed by atoms with Crippen molar-refractivity contribution in [3.8, 4) is 11.3 Å². The van der Waals surface area contributed by atoms with E-state index >= 15 is 0 Å². The van der Waals surface area contributed by atoms with Crippen LogP contribution in [0.5, 0.6) is 0 Å². The second-order valence-electron chi connectivity index (χ2n) is 4.42. The first-order chi connectivity index (χ1) is 10.2. The molecule has 0 fully saturated rings. The number of esters is 1. The first-order valence-electron chi connectivity index (χ1n) is 6.61. The molecule has 1 heterocycles. The van der Waals surface area contributed by atoms with Gasteiger partial charge in [0.05, 0.1) is 6.61 Å². The van der Waals surface area contributed by atoms with E-state index in [9.17, 15) is 4.79 Å². The average molecular weight is 287 g/mol. The molecule has 110 valence electrons. The molecule has 0 N–H and O–H groups in total. The Kier molecular flexibility index (Phi) is 5.29. The third-order valence-electron chi connectivity index (χ3n) is 2.78. The maximum Gasteiger partial charge on any atom is 0.335 e. The number of benzene rings is 1. The highest BCUT2D eigenvalue weighted by molar-refractivity contribution is 5.74. The van der Waals surface area contributed by atoms with E-state index in [1.807, 2.05) is 30.3 Å². The molecule has 1 aromatic carbocycles. The van der Waals surface area contributed by atoms with Gasteiger partial charge in [0, 0.05) is 11.6 Å². The first-order valence-corrected chi connectivity index (χ1v) is 6.61. The Morgan fingerprint density at radius 2 is 2.19 bits per heavy atom. The number of carbonyl (C=O) groups is 1. The monoisotopic (exact) mass is 287 g/mol. The number of hydrogen-bond donors (Lipinski definition) is 0. The Morgan fingerprint density at radius 3 is 2.90 bits per heavy atom. The zero-order valence-corrected chi connectivity index (χ0v) is 11.8. The molecule has 5 heteroatoms. The number of aromatic nitrogens is 1. The van der Waals surface area contributed by atoms with E-state index in [0.717, 1.165) is 5.56 Å². The van der Waals surface area contributed by atoms with Crippen LogP contribution in [0.4, 0.5) is 0 Å². The molecule has 1 atom stereocenters. The molecule has 1 aromatic heterocycles. The van der Waals surface area contributed by atoms with Crippen LogP contribution in [0.25, 0.3) is 11.3 Å². The lowest BCUT2D eigenvalue weighted by molar-refractivity contribution is -0.157. The Labute approximate surface area is 123 Å². The van der Waals surface area contributed by atoms with E-state index in [-0.39, 0.29) is 6.61 Å². The third-order valence-corrected chi connectivity index (χ3v) is 2.78. The van der Waals surface area contributed by atoms with Gasteiger partial charge < -0.3 is 14.0 Å². The summed E-state index contributed by atoms with van der Waals surface area (Å²) in [7, 11) is 0. The number of ether oxygens (including phenoxy) is 2. The highest BCUT2D eigenvalue weighted by Gasteiger charge is 2.16. The van der Waals surface area contributed by atoms with Crippen molar-refractivity contribution >= 4 is 5.97 Å². The molecular weight excluding hydrogens is 270 g/mol. The van der Waals surface area contributed by atoms with Gasteiger partial charge >= 0.3 is 5.97 Å². The third kappa shape index (κ3) is 4.29. The van der Waals surface area contributed by atoms with Crippen molar-refractivity contribution < 1.29 is 18.8 Å². The zero-order chi connectivity index (χ0) is 15.1. The minimum atomic E-state index is -0.639. The summed E-state index contributed by atoms with van der Waals surface area (Å²) in [4.78, 5) is 11.7. The fraction of sp³-hybridized carbons (Fsp3) is 0.250. The van der Waals surface area contributed by atoms with E-state index in [1.54, 1.807) is 19.1 Å². The Bertz CT molecular complexity index is 591. The van der Waals surface area contributed by atoms with E-state index in [1.165, 1.54) is 0 Å². The van der Waals surface area contributed by atoms with Crippen LogP contribution in [0.2, 0.25) is 0 Å². The molecule has 0 saturated heterocycles. The molecule has 0 aliphatic heterocycles. The summed E-state index contributed by atoms with van der Waals surface area (Å²) in [5.41, 5.74) is 1.65. The predicted molar refractivity (Wildman–Crippen MR) is 77.3 cm³/mol. The summed E-state index contributed by atoms with van der Waals surface area (Å²) in [6.45, 7) is 5.47. The van der Waals surface area contributed by atoms with Crippen LogP contribution >= 0.6 is 0 Å². The second kappa shape index (κ2) is 7.40. The van der Waals surface area contributed by atoms with Gasteiger partial charge in [-0.25, -0.2) is 4.79 Å². The van der Waals surface area contributed by atoms with E-state index in [2.05, 4.69) is 11.7 Å². The van der Waals surface area contributed by atoms with Crippen molar-refractivity contribution in [3.63, 3.8) is 0 Å². The Balaban J connectivity index is 1.88. The Hall–Kier alpha value is -2.40. The summed E-state index contributed by atoms with van der Waals surface area (Å²) < 4.78 is 15.4. The van der Waals surface area contributed by atoms with Gasteiger partial charge in [-0.3, -0.25) is 0 Å². The van der Waals surface area contributed by atoms with Crippen molar-refractivity contribution in [2.75, 3.05) is 6.61 Å². The molecule has 5 nitrogen and oxygen atoms in total. The molecule has 0 spiro atoms. The van der Waals surface area contributed by atoms with Gasteiger partial charge in [-0.1, -0.05) is 41.6 Å². The highest BCUT2D eigenvalue weighted by Crippen LogP contribution is 2.19. The van der Waals surface area contributed by atoms with Crippen LogP contribution in [0, 0.1) is 0 Å². The molecule has 2 aromatic rings. The van der Waals surface area contributed by atoms with Crippen molar-refractivity contribution in [1.29, 1.82) is 0 Å². The molecule has 21 heavy (non-hydrogen) atoms. The quantitative estimate of drug-likeness (QED) is 0.578. The SMILES string of the molecule is C=CCOC(C)C(=O)OCc1cc(-c2ccccc2)no1. The van der Waals surface area contributed by atoms with Gasteiger partial charge in [-0.2, -0.15) is 0 Å². The van der Waals surface area contributed by atoms with Crippen LogP contribution in [-0.4, -0.2) is 23.8 Å². The maximum absolute atomic E-state index is 11.7. The lowest BCUT2D eigenvalue weighted by atomic mass is 10.1. The molecular formula is C16H17NO4. The highest BCUT2D eigenvalue weighted by atomic mass is 16.6. The molecule has 0 amide bonds. The molecule has 0 aliphatic rings. The van der Waals surface area contributed by atoms with Gasteiger partial charge in [-0.05, 0) is 6.92 Å². The lowest BCUT2D eigenvalue weighted by Gasteiger charge is -2.09. The van der Waals surface area contributed by atoms with Crippen LogP contribution in [0.1, 0.15) is 12.7 Å².